The lowest BCUT2D eigenvalue weighted by molar-refractivity contribution is 0.348. The summed E-state index contributed by atoms with van der Waals surface area (Å²) >= 11 is 1.29. The van der Waals surface area contributed by atoms with Crippen molar-refractivity contribution in [3.63, 3.8) is 0 Å². The normalized spacial score (nSPS) is 14.3. The molecule has 0 bridgehead atoms. The van der Waals surface area contributed by atoms with Crippen molar-refractivity contribution >= 4 is 21.2 Å². The van der Waals surface area contributed by atoms with E-state index in [0.717, 1.165) is 16.9 Å². The standard InChI is InChI=1S/C13H12O3S2/c1-9-5-6-12(17-9)18(14,15)11-4-2-3-10-7-8-16-13(10)11/h2-6H,7-8H2,1H3. The number of rotatable bonds is 2. The summed E-state index contributed by atoms with van der Waals surface area (Å²) in [5, 5.41) is 0. The number of fused-ring (bicyclic) bond motifs is 1. The fraction of sp³-hybridized carbons (Fsp3) is 0.231. The molecule has 0 radical (unpaired) electrons. The summed E-state index contributed by atoms with van der Waals surface area (Å²) in [7, 11) is -3.45. The Labute approximate surface area is 110 Å². The van der Waals surface area contributed by atoms with E-state index in [9.17, 15) is 8.42 Å². The predicted molar refractivity (Wildman–Crippen MR) is 70.1 cm³/mol. The molecule has 5 heteroatoms. The molecule has 2 aromatic rings. The summed E-state index contributed by atoms with van der Waals surface area (Å²) in [4.78, 5) is 1.28. The highest BCUT2D eigenvalue weighted by Gasteiger charge is 2.27. The molecular formula is C13H12O3S2. The summed E-state index contributed by atoms with van der Waals surface area (Å²) in [6, 6.07) is 8.79. The van der Waals surface area contributed by atoms with E-state index in [4.69, 9.17) is 4.74 Å². The summed E-state index contributed by atoms with van der Waals surface area (Å²) in [6.45, 7) is 2.46. The minimum absolute atomic E-state index is 0.291. The second kappa shape index (κ2) is 4.10. The zero-order chi connectivity index (χ0) is 12.8. The van der Waals surface area contributed by atoms with Gasteiger partial charge in [-0.05, 0) is 30.7 Å². The quantitative estimate of drug-likeness (QED) is 0.849. The summed E-state index contributed by atoms with van der Waals surface area (Å²) in [6.07, 6.45) is 0.780. The van der Waals surface area contributed by atoms with Crippen LogP contribution in [0.3, 0.4) is 0 Å². The third-order valence-electron chi connectivity index (χ3n) is 2.95. The molecule has 1 aliphatic heterocycles. The molecule has 18 heavy (non-hydrogen) atoms. The van der Waals surface area contributed by atoms with E-state index < -0.39 is 9.84 Å². The topological polar surface area (TPSA) is 43.4 Å². The molecule has 0 N–H and O–H groups in total. The molecule has 3 nitrogen and oxygen atoms in total. The first kappa shape index (κ1) is 11.7. The molecule has 1 aliphatic rings. The van der Waals surface area contributed by atoms with Gasteiger partial charge in [0.15, 0.2) is 0 Å². The van der Waals surface area contributed by atoms with Crippen molar-refractivity contribution in [1.29, 1.82) is 0 Å². The van der Waals surface area contributed by atoms with Crippen LogP contribution in [-0.4, -0.2) is 15.0 Å². The largest absolute Gasteiger partial charge is 0.492 e. The molecule has 0 atom stereocenters. The van der Waals surface area contributed by atoms with E-state index in [0.29, 0.717) is 21.5 Å². The van der Waals surface area contributed by atoms with E-state index in [1.807, 2.05) is 19.1 Å². The van der Waals surface area contributed by atoms with E-state index in [1.54, 1.807) is 18.2 Å². The molecule has 0 amide bonds. The lowest BCUT2D eigenvalue weighted by atomic mass is 10.2. The first-order chi connectivity index (χ1) is 8.59. The fourth-order valence-corrected chi connectivity index (χ4v) is 4.91. The Morgan fingerprint density at radius 3 is 2.78 bits per heavy atom. The SMILES string of the molecule is Cc1ccc(S(=O)(=O)c2cccc3c2OCC3)s1. The van der Waals surface area contributed by atoms with Gasteiger partial charge in [-0.1, -0.05) is 12.1 Å². The molecule has 0 saturated heterocycles. The number of thiophene rings is 1. The second-order valence-electron chi connectivity index (χ2n) is 4.21. The molecule has 0 unspecified atom stereocenters. The molecule has 0 aliphatic carbocycles. The average molecular weight is 280 g/mol. The molecule has 94 valence electrons. The van der Waals surface area contributed by atoms with Crippen molar-refractivity contribution in [3.05, 3.63) is 40.8 Å². The first-order valence-corrected chi connectivity index (χ1v) is 7.95. The van der Waals surface area contributed by atoms with E-state index in [2.05, 4.69) is 0 Å². The van der Waals surface area contributed by atoms with E-state index in [-0.39, 0.29) is 0 Å². The second-order valence-corrected chi connectivity index (χ2v) is 7.64. The molecule has 0 fully saturated rings. The third kappa shape index (κ3) is 1.74. The van der Waals surface area contributed by atoms with Crippen molar-refractivity contribution in [1.82, 2.24) is 0 Å². The van der Waals surface area contributed by atoms with Crippen LogP contribution in [0.2, 0.25) is 0 Å². The van der Waals surface area contributed by atoms with Crippen LogP contribution < -0.4 is 4.74 Å². The monoisotopic (exact) mass is 280 g/mol. The highest BCUT2D eigenvalue weighted by Crippen LogP contribution is 2.37. The van der Waals surface area contributed by atoms with Crippen molar-refractivity contribution in [2.75, 3.05) is 6.61 Å². The highest BCUT2D eigenvalue weighted by molar-refractivity contribution is 7.93. The van der Waals surface area contributed by atoms with Crippen LogP contribution in [0.25, 0.3) is 0 Å². The zero-order valence-corrected chi connectivity index (χ0v) is 11.5. The van der Waals surface area contributed by atoms with Gasteiger partial charge in [-0.15, -0.1) is 11.3 Å². The van der Waals surface area contributed by atoms with Crippen molar-refractivity contribution in [3.8, 4) is 5.75 Å². The highest BCUT2D eigenvalue weighted by atomic mass is 32.2. The Morgan fingerprint density at radius 1 is 1.22 bits per heavy atom. The fourth-order valence-electron chi connectivity index (χ4n) is 2.06. The minimum Gasteiger partial charge on any atom is -0.492 e. The van der Waals surface area contributed by atoms with Gasteiger partial charge in [-0.3, -0.25) is 0 Å². The zero-order valence-electron chi connectivity index (χ0n) is 9.84. The Hall–Kier alpha value is -1.33. The lowest BCUT2D eigenvalue weighted by Crippen LogP contribution is -2.02. The van der Waals surface area contributed by atoms with Crippen LogP contribution >= 0.6 is 11.3 Å². The van der Waals surface area contributed by atoms with Gasteiger partial charge in [-0.2, -0.15) is 0 Å². The van der Waals surface area contributed by atoms with Crippen LogP contribution in [0.4, 0.5) is 0 Å². The maximum absolute atomic E-state index is 12.5. The minimum atomic E-state index is -3.45. The predicted octanol–water partition coefficient (Wildman–Crippen LogP) is 2.82. The van der Waals surface area contributed by atoms with E-state index >= 15 is 0 Å². The number of sulfone groups is 1. The molecule has 0 spiro atoms. The van der Waals surface area contributed by atoms with Gasteiger partial charge in [0.1, 0.15) is 14.9 Å². The van der Waals surface area contributed by atoms with Gasteiger partial charge in [-0.25, -0.2) is 8.42 Å². The number of aryl methyl sites for hydroxylation is 1. The van der Waals surface area contributed by atoms with Crippen LogP contribution in [0.5, 0.6) is 5.75 Å². The molecule has 1 aromatic carbocycles. The molecule has 3 rings (SSSR count). The molecule has 2 heterocycles. The summed E-state index contributed by atoms with van der Waals surface area (Å²) < 4.78 is 30.9. The Bertz CT molecular complexity index is 699. The van der Waals surface area contributed by atoms with Gasteiger partial charge in [0, 0.05) is 11.3 Å². The summed E-state index contributed by atoms with van der Waals surface area (Å²) in [5.74, 6) is 0.531. The Balaban J connectivity index is 2.19. The number of hydrogen-bond acceptors (Lipinski definition) is 4. The van der Waals surface area contributed by atoms with Crippen LogP contribution in [0, 0.1) is 6.92 Å². The summed E-state index contributed by atoms with van der Waals surface area (Å²) in [5.41, 5.74) is 0.976. The van der Waals surface area contributed by atoms with Gasteiger partial charge >= 0.3 is 0 Å². The average Bonchev–Trinajstić information content (AvgIpc) is 2.96. The number of para-hydroxylation sites is 1. The van der Waals surface area contributed by atoms with Crippen LogP contribution in [0.1, 0.15) is 10.4 Å². The van der Waals surface area contributed by atoms with Crippen LogP contribution in [0.15, 0.2) is 39.4 Å². The maximum atomic E-state index is 12.5. The smallest absolute Gasteiger partial charge is 0.219 e. The van der Waals surface area contributed by atoms with Gasteiger partial charge in [0.2, 0.25) is 9.84 Å². The Kier molecular flexibility index (Phi) is 2.68. The number of benzene rings is 1. The van der Waals surface area contributed by atoms with Crippen molar-refractivity contribution < 1.29 is 13.2 Å². The first-order valence-electron chi connectivity index (χ1n) is 5.65. The molecule has 0 saturated carbocycles. The van der Waals surface area contributed by atoms with Crippen molar-refractivity contribution in [2.24, 2.45) is 0 Å². The van der Waals surface area contributed by atoms with Gasteiger partial charge in [0.25, 0.3) is 0 Å². The molecule has 1 aromatic heterocycles. The maximum Gasteiger partial charge on any atom is 0.219 e. The van der Waals surface area contributed by atoms with E-state index in [1.165, 1.54) is 11.3 Å². The number of ether oxygens (including phenoxy) is 1. The molecular weight excluding hydrogens is 268 g/mol. The third-order valence-corrected chi connectivity index (χ3v) is 6.22. The van der Waals surface area contributed by atoms with Crippen LogP contribution in [-0.2, 0) is 16.3 Å². The lowest BCUT2D eigenvalue weighted by Gasteiger charge is -2.07. The van der Waals surface area contributed by atoms with Gasteiger partial charge in [0.05, 0.1) is 6.61 Å². The Morgan fingerprint density at radius 2 is 2.06 bits per heavy atom. The van der Waals surface area contributed by atoms with Gasteiger partial charge < -0.3 is 4.74 Å². The number of hydrogen-bond donors (Lipinski definition) is 0. The van der Waals surface area contributed by atoms with Crippen molar-refractivity contribution in [2.45, 2.75) is 22.4 Å².